The van der Waals surface area contributed by atoms with Gasteiger partial charge in [-0.25, -0.2) is 0 Å². The molecule has 1 atom stereocenters. The molecular weight excluding hydrogens is 351 g/mol. The summed E-state index contributed by atoms with van der Waals surface area (Å²) >= 11 is 0. The molecule has 0 amide bonds. The second kappa shape index (κ2) is 10.8. The molecule has 0 aliphatic carbocycles. The summed E-state index contributed by atoms with van der Waals surface area (Å²) in [6.45, 7) is 9.17. The summed E-state index contributed by atoms with van der Waals surface area (Å²) in [6, 6.07) is 20.4. The molecule has 0 unspecified atom stereocenters. The number of benzene rings is 2. The third-order valence-electron chi connectivity index (χ3n) is 4.69. The van der Waals surface area contributed by atoms with Crippen molar-refractivity contribution in [2.24, 2.45) is 5.92 Å². The van der Waals surface area contributed by atoms with E-state index in [-0.39, 0.29) is 24.8 Å². The van der Waals surface area contributed by atoms with Gasteiger partial charge in [0.1, 0.15) is 0 Å². The Labute approximate surface area is 164 Å². The summed E-state index contributed by atoms with van der Waals surface area (Å²) < 4.78 is 0. The average molecular weight is 381 g/mol. The van der Waals surface area contributed by atoms with E-state index in [1.54, 1.807) is 0 Å². The van der Waals surface area contributed by atoms with E-state index in [4.69, 9.17) is 0 Å². The molecule has 2 aromatic rings. The van der Waals surface area contributed by atoms with Gasteiger partial charge in [0, 0.05) is 32.2 Å². The van der Waals surface area contributed by atoms with Crippen LogP contribution in [-0.2, 0) is 0 Å². The maximum atomic E-state index is 3.46. The van der Waals surface area contributed by atoms with Crippen LogP contribution in [0.3, 0.4) is 0 Å². The van der Waals surface area contributed by atoms with E-state index in [1.165, 1.54) is 23.1 Å². The first-order valence-corrected chi connectivity index (χ1v) is 8.84. The number of piperazine rings is 1. The van der Waals surface area contributed by atoms with Gasteiger partial charge in [-0.2, -0.15) is 0 Å². The Kier molecular flexibility index (Phi) is 9.52. The Morgan fingerprint density at radius 1 is 0.840 bits per heavy atom. The van der Waals surface area contributed by atoms with Gasteiger partial charge in [0.25, 0.3) is 0 Å². The van der Waals surface area contributed by atoms with Crippen LogP contribution in [0.25, 0.3) is 11.1 Å². The molecule has 3 rings (SSSR count). The molecular formula is C21H30Cl2N2. The normalized spacial score (nSPS) is 16.0. The fraction of sp³-hybridized carbons (Fsp3) is 0.429. The van der Waals surface area contributed by atoms with Crippen molar-refractivity contribution in [1.29, 1.82) is 0 Å². The van der Waals surface area contributed by atoms with Crippen molar-refractivity contribution in [1.82, 2.24) is 10.2 Å². The van der Waals surface area contributed by atoms with Crippen molar-refractivity contribution in [3.8, 4) is 11.1 Å². The van der Waals surface area contributed by atoms with Crippen LogP contribution >= 0.6 is 24.8 Å². The Morgan fingerprint density at radius 3 is 1.96 bits per heavy atom. The molecule has 1 heterocycles. The third kappa shape index (κ3) is 6.00. The van der Waals surface area contributed by atoms with Gasteiger partial charge in [-0.15, -0.1) is 24.8 Å². The number of hydrogen-bond acceptors (Lipinski definition) is 2. The number of halogens is 2. The fourth-order valence-electron chi connectivity index (χ4n) is 3.46. The Bertz CT molecular complexity index is 593. The quantitative estimate of drug-likeness (QED) is 0.767. The molecule has 2 aromatic carbocycles. The Hall–Kier alpha value is -1.06. The first-order valence-electron chi connectivity index (χ1n) is 8.84. The first-order chi connectivity index (χ1) is 11.2. The third-order valence-corrected chi connectivity index (χ3v) is 4.69. The maximum absolute atomic E-state index is 3.46. The largest absolute Gasteiger partial charge is 0.314 e. The van der Waals surface area contributed by atoms with Crippen molar-refractivity contribution < 1.29 is 0 Å². The molecule has 4 heteroatoms. The van der Waals surface area contributed by atoms with Crippen molar-refractivity contribution in [3.63, 3.8) is 0 Å². The highest BCUT2D eigenvalue weighted by molar-refractivity contribution is 5.85. The molecule has 0 bridgehead atoms. The molecule has 0 radical (unpaired) electrons. The van der Waals surface area contributed by atoms with Crippen LogP contribution in [0.2, 0.25) is 0 Å². The summed E-state index contributed by atoms with van der Waals surface area (Å²) in [6.07, 6.45) is 1.23. The number of nitrogens with one attached hydrogen (secondary N) is 1. The average Bonchev–Trinajstić information content (AvgIpc) is 2.61. The van der Waals surface area contributed by atoms with Crippen molar-refractivity contribution in [2.75, 3.05) is 26.2 Å². The van der Waals surface area contributed by atoms with E-state index in [0.717, 1.165) is 26.2 Å². The zero-order valence-corrected chi connectivity index (χ0v) is 16.8. The summed E-state index contributed by atoms with van der Waals surface area (Å²) in [5.74, 6) is 0.712. The zero-order valence-electron chi connectivity index (χ0n) is 15.2. The highest BCUT2D eigenvalue weighted by atomic mass is 35.5. The fourth-order valence-corrected chi connectivity index (χ4v) is 3.46. The van der Waals surface area contributed by atoms with E-state index in [2.05, 4.69) is 78.7 Å². The molecule has 1 aliphatic rings. The minimum atomic E-state index is 0. The molecule has 0 aromatic heterocycles. The summed E-state index contributed by atoms with van der Waals surface area (Å²) in [7, 11) is 0. The topological polar surface area (TPSA) is 15.3 Å². The SMILES string of the molecule is CC(C)C[C@H](c1ccc(-c2ccccc2)cc1)N1CCNCC1.Cl.Cl. The van der Waals surface area contributed by atoms with Gasteiger partial charge in [0.15, 0.2) is 0 Å². The number of rotatable bonds is 5. The second-order valence-electron chi connectivity index (χ2n) is 6.92. The van der Waals surface area contributed by atoms with Gasteiger partial charge in [-0.3, -0.25) is 4.90 Å². The van der Waals surface area contributed by atoms with E-state index in [9.17, 15) is 0 Å². The van der Waals surface area contributed by atoms with E-state index < -0.39 is 0 Å². The molecule has 138 valence electrons. The molecule has 25 heavy (non-hydrogen) atoms. The molecule has 1 saturated heterocycles. The summed E-state index contributed by atoms with van der Waals surface area (Å²) in [5, 5.41) is 3.46. The highest BCUT2D eigenvalue weighted by Gasteiger charge is 2.22. The zero-order chi connectivity index (χ0) is 16.1. The lowest BCUT2D eigenvalue weighted by Crippen LogP contribution is -2.45. The van der Waals surface area contributed by atoms with E-state index in [0.29, 0.717) is 12.0 Å². The van der Waals surface area contributed by atoms with Gasteiger partial charge < -0.3 is 5.32 Å². The highest BCUT2D eigenvalue weighted by Crippen LogP contribution is 2.30. The lowest BCUT2D eigenvalue weighted by Gasteiger charge is -2.36. The van der Waals surface area contributed by atoms with Gasteiger partial charge in [0.2, 0.25) is 0 Å². The molecule has 1 aliphatic heterocycles. The second-order valence-corrected chi connectivity index (χ2v) is 6.92. The predicted octanol–water partition coefficient (Wildman–Crippen LogP) is 5.19. The smallest absolute Gasteiger partial charge is 0.0351 e. The number of nitrogens with zero attached hydrogens (tertiary/aromatic N) is 1. The molecule has 2 nitrogen and oxygen atoms in total. The lowest BCUT2D eigenvalue weighted by atomic mass is 9.93. The van der Waals surface area contributed by atoms with Crippen LogP contribution < -0.4 is 5.32 Å². The Balaban J connectivity index is 0.00000156. The van der Waals surface area contributed by atoms with Crippen LogP contribution in [0.5, 0.6) is 0 Å². The van der Waals surface area contributed by atoms with Crippen LogP contribution in [0, 0.1) is 5.92 Å². The first kappa shape index (κ1) is 22.0. The van der Waals surface area contributed by atoms with Crippen molar-refractivity contribution in [2.45, 2.75) is 26.3 Å². The molecule has 1 N–H and O–H groups in total. The lowest BCUT2D eigenvalue weighted by molar-refractivity contribution is 0.154. The predicted molar refractivity (Wildman–Crippen MR) is 113 cm³/mol. The monoisotopic (exact) mass is 380 g/mol. The molecule has 0 spiro atoms. The van der Waals surface area contributed by atoms with Crippen LogP contribution in [0.4, 0.5) is 0 Å². The summed E-state index contributed by atoms with van der Waals surface area (Å²) in [5.41, 5.74) is 4.06. The van der Waals surface area contributed by atoms with Gasteiger partial charge in [0.05, 0.1) is 0 Å². The van der Waals surface area contributed by atoms with E-state index in [1.807, 2.05) is 0 Å². The molecule has 0 saturated carbocycles. The van der Waals surface area contributed by atoms with Gasteiger partial charge >= 0.3 is 0 Å². The van der Waals surface area contributed by atoms with Crippen molar-refractivity contribution in [3.05, 3.63) is 60.2 Å². The summed E-state index contributed by atoms with van der Waals surface area (Å²) in [4.78, 5) is 2.65. The molecule has 1 fully saturated rings. The minimum absolute atomic E-state index is 0. The van der Waals surface area contributed by atoms with Gasteiger partial charge in [-0.05, 0) is 29.0 Å². The van der Waals surface area contributed by atoms with Crippen LogP contribution in [0.15, 0.2) is 54.6 Å². The maximum Gasteiger partial charge on any atom is 0.0351 e. The van der Waals surface area contributed by atoms with Gasteiger partial charge in [-0.1, -0.05) is 68.4 Å². The van der Waals surface area contributed by atoms with Crippen molar-refractivity contribution >= 4 is 24.8 Å². The standard InChI is InChI=1S/C21H28N2.2ClH/c1-17(2)16-21(23-14-12-22-13-15-23)20-10-8-19(9-11-20)18-6-4-3-5-7-18;;/h3-11,17,21-22H,12-16H2,1-2H3;2*1H/t21-;;/m1../s1. The van der Waals surface area contributed by atoms with E-state index >= 15 is 0 Å². The minimum Gasteiger partial charge on any atom is -0.314 e. The van der Waals surface area contributed by atoms with Crippen LogP contribution in [0.1, 0.15) is 31.9 Å². The number of hydrogen-bond donors (Lipinski definition) is 1. The Morgan fingerprint density at radius 2 is 1.40 bits per heavy atom. The van der Waals surface area contributed by atoms with Crippen LogP contribution in [-0.4, -0.2) is 31.1 Å².